The van der Waals surface area contributed by atoms with Gasteiger partial charge in [-0.1, -0.05) is 0 Å². The summed E-state index contributed by atoms with van der Waals surface area (Å²) in [6, 6.07) is -0.250. The molecule has 1 nitrogen and oxygen atoms in total. The molecule has 0 aliphatic heterocycles. The predicted molar refractivity (Wildman–Crippen MR) is 43.0 cm³/mol. The van der Waals surface area contributed by atoms with E-state index in [0.717, 1.165) is 7.11 Å². The van der Waals surface area contributed by atoms with Crippen molar-refractivity contribution in [3.63, 3.8) is 0 Å². The van der Waals surface area contributed by atoms with Gasteiger partial charge in [0.05, 0.1) is 18.2 Å². The number of alkyl halides is 6. The molecule has 1 rings (SSSR count). The lowest BCUT2D eigenvalue weighted by molar-refractivity contribution is -0.162. The fraction of sp³-hybridized carbons (Fsp3) is 0.333. The van der Waals surface area contributed by atoms with Gasteiger partial charge in [-0.05, 0) is 12.1 Å². The lowest BCUT2D eigenvalue weighted by Crippen LogP contribution is -2.17. The van der Waals surface area contributed by atoms with Crippen LogP contribution in [-0.2, 0) is 12.4 Å². The molecule has 0 fully saturated rings. The highest BCUT2D eigenvalue weighted by molar-refractivity contribution is 5.40. The third-order valence-electron chi connectivity index (χ3n) is 1.90. The van der Waals surface area contributed by atoms with Gasteiger partial charge in [-0.15, -0.1) is 0 Å². The number of halogens is 7. The lowest BCUT2D eigenvalue weighted by atomic mass is 10.1. The Morgan fingerprint density at radius 2 is 1.29 bits per heavy atom. The topological polar surface area (TPSA) is 9.23 Å². The first-order chi connectivity index (χ1) is 7.57. The molecular weight excluding hydrogens is 257 g/mol. The van der Waals surface area contributed by atoms with E-state index >= 15 is 0 Å². The highest BCUT2D eigenvalue weighted by Crippen LogP contribution is 2.42. The maximum atomic E-state index is 13.0. The van der Waals surface area contributed by atoms with Crippen molar-refractivity contribution in [1.82, 2.24) is 0 Å². The van der Waals surface area contributed by atoms with Gasteiger partial charge < -0.3 is 4.74 Å². The molecule has 0 spiro atoms. The molecule has 0 saturated carbocycles. The highest BCUT2D eigenvalue weighted by Gasteiger charge is 2.44. The molecule has 8 heteroatoms. The SMILES string of the molecule is COc1cc(C(F)(F)F)c(C(F)(F)F)cc1F. The fourth-order valence-electron chi connectivity index (χ4n) is 1.18. The van der Waals surface area contributed by atoms with Crippen molar-refractivity contribution in [2.24, 2.45) is 0 Å². The van der Waals surface area contributed by atoms with E-state index in [1.165, 1.54) is 0 Å². The second kappa shape index (κ2) is 4.08. The molecule has 0 heterocycles. The maximum Gasteiger partial charge on any atom is 0.417 e. The van der Waals surface area contributed by atoms with E-state index in [1.54, 1.807) is 0 Å². The van der Waals surface area contributed by atoms with Crippen LogP contribution in [0.2, 0.25) is 0 Å². The Balaban J connectivity index is 3.54. The van der Waals surface area contributed by atoms with E-state index in [-0.39, 0.29) is 12.1 Å². The number of benzene rings is 1. The zero-order valence-electron chi connectivity index (χ0n) is 8.21. The molecular formula is C9H5F7O. The minimum absolute atomic E-state index is 0.0157. The molecule has 0 aliphatic carbocycles. The quantitative estimate of drug-likeness (QED) is 0.698. The first kappa shape index (κ1) is 13.6. The summed E-state index contributed by atoms with van der Waals surface area (Å²) in [4.78, 5) is 0. The molecule has 1 aromatic rings. The van der Waals surface area contributed by atoms with E-state index < -0.39 is 35.0 Å². The second-order valence-corrected chi connectivity index (χ2v) is 3.03. The number of hydrogen-bond acceptors (Lipinski definition) is 1. The third kappa shape index (κ3) is 2.80. The normalized spacial score (nSPS) is 12.7. The molecule has 0 aromatic heterocycles. The number of methoxy groups -OCH3 is 1. The Bertz CT molecular complexity index is 419. The summed E-state index contributed by atoms with van der Waals surface area (Å²) in [5.74, 6) is -2.40. The lowest BCUT2D eigenvalue weighted by Gasteiger charge is -2.16. The summed E-state index contributed by atoms with van der Waals surface area (Å²) in [5, 5.41) is 0. The first-order valence-corrected chi connectivity index (χ1v) is 4.09. The Labute approximate surface area is 90.8 Å². The van der Waals surface area contributed by atoms with Crippen LogP contribution in [0.1, 0.15) is 11.1 Å². The average Bonchev–Trinajstić information content (AvgIpc) is 2.14. The molecule has 0 aliphatic rings. The van der Waals surface area contributed by atoms with Crippen LogP contribution < -0.4 is 4.74 Å². The average molecular weight is 262 g/mol. The molecule has 96 valence electrons. The second-order valence-electron chi connectivity index (χ2n) is 3.03. The first-order valence-electron chi connectivity index (χ1n) is 4.09. The van der Waals surface area contributed by atoms with Gasteiger partial charge in [-0.2, -0.15) is 26.3 Å². The van der Waals surface area contributed by atoms with Crippen molar-refractivity contribution in [2.45, 2.75) is 12.4 Å². The van der Waals surface area contributed by atoms with Gasteiger partial charge >= 0.3 is 12.4 Å². The summed E-state index contributed by atoms with van der Waals surface area (Å²) in [5.41, 5.74) is -4.06. The van der Waals surface area contributed by atoms with Crippen molar-refractivity contribution in [3.05, 3.63) is 29.1 Å². The molecule has 0 radical (unpaired) electrons. The van der Waals surface area contributed by atoms with E-state index in [1.807, 2.05) is 0 Å². The van der Waals surface area contributed by atoms with E-state index in [2.05, 4.69) is 4.74 Å². The van der Waals surface area contributed by atoms with E-state index in [9.17, 15) is 30.7 Å². The van der Waals surface area contributed by atoms with Crippen LogP contribution in [0.25, 0.3) is 0 Å². The van der Waals surface area contributed by atoms with Crippen LogP contribution in [0.15, 0.2) is 12.1 Å². The standard InChI is InChI=1S/C9H5F7O/c1-17-7-3-5(9(14,15)16)4(2-6(7)10)8(11,12)13/h2-3H,1H3. The third-order valence-corrected chi connectivity index (χ3v) is 1.90. The van der Waals surface area contributed by atoms with Crippen molar-refractivity contribution in [1.29, 1.82) is 0 Å². The van der Waals surface area contributed by atoms with Gasteiger partial charge in [-0.25, -0.2) is 4.39 Å². The minimum atomic E-state index is -5.29. The van der Waals surface area contributed by atoms with Crippen molar-refractivity contribution >= 4 is 0 Å². The summed E-state index contributed by atoms with van der Waals surface area (Å²) in [6.07, 6.45) is -10.5. The summed E-state index contributed by atoms with van der Waals surface area (Å²) in [7, 11) is 0.853. The molecule has 17 heavy (non-hydrogen) atoms. The number of ether oxygens (including phenoxy) is 1. The molecule has 0 unspecified atom stereocenters. The molecule has 0 N–H and O–H groups in total. The van der Waals surface area contributed by atoms with Crippen LogP contribution in [-0.4, -0.2) is 7.11 Å². The summed E-state index contributed by atoms with van der Waals surface area (Å²) < 4.78 is 91.1. The molecule has 0 atom stereocenters. The Morgan fingerprint density at radius 3 is 1.65 bits per heavy atom. The molecule has 1 aromatic carbocycles. The van der Waals surface area contributed by atoms with Crippen molar-refractivity contribution < 1.29 is 35.5 Å². The number of rotatable bonds is 1. The van der Waals surface area contributed by atoms with Crippen LogP contribution in [0.5, 0.6) is 5.75 Å². The Morgan fingerprint density at radius 1 is 0.882 bits per heavy atom. The fourth-order valence-corrected chi connectivity index (χ4v) is 1.18. The van der Waals surface area contributed by atoms with Gasteiger partial charge in [0.2, 0.25) is 0 Å². The van der Waals surface area contributed by atoms with Gasteiger partial charge in [0.15, 0.2) is 11.6 Å². The Kier molecular flexibility index (Phi) is 3.26. The van der Waals surface area contributed by atoms with Gasteiger partial charge in [0.1, 0.15) is 0 Å². The van der Waals surface area contributed by atoms with Crippen molar-refractivity contribution in [2.75, 3.05) is 7.11 Å². The smallest absolute Gasteiger partial charge is 0.417 e. The maximum absolute atomic E-state index is 13.0. The summed E-state index contributed by atoms with van der Waals surface area (Å²) >= 11 is 0. The van der Waals surface area contributed by atoms with Crippen LogP contribution in [0, 0.1) is 5.82 Å². The highest BCUT2D eigenvalue weighted by atomic mass is 19.4. The predicted octanol–water partition coefficient (Wildman–Crippen LogP) is 3.87. The van der Waals surface area contributed by atoms with Crippen molar-refractivity contribution in [3.8, 4) is 5.75 Å². The van der Waals surface area contributed by atoms with Gasteiger partial charge in [0, 0.05) is 0 Å². The van der Waals surface area contributed by atoms with Gasteiger partial charge in [0.25, 0.3) is 0 Å². The summed E-state index contributed by atoms with van der Waals surface area (Å²) in [6.45, 7) is 0. The molecule has 0 amide bonds. The molecule has 0 saturated heterocycles. The minimum Gasteiger partial charge on any atom is -0.494 e. The largest absolute Gasteiger partial charge is 0.494 e. The van der Waals surface area contributed by atoms with E-state index in [4.69, 9.17) is 0 Å². The van der Waals surface area contributed by atoms with Crippen LogP contribution in [0.3, 0.4) is 0 Å². The van der Waals surface area contributed by atoms with Crippen LogP contribution >= 0.6 is 0 Å². The number of hydrogen-bond donors (Lipinski definition) is 0. The van der Waals surface area contributed by atoms with Gasteiger partial charge in [-0.3, -0.25) is 0 Å². The zero-order chi connectivity index (χ0) is 13.4. The van der Waals surface area contributed by atoms with Crippen LogP contribution in [0.4, 0.5) is 30.7 Å². The molecule has 0 bridgehead atoms. The van der Waals surface area contributed by atoms with E-state index in [0.29, 0.717) is 0 Å². The Hall–Kier alpha value is -1.47. The zero-order valence-corrected chi connectivity index (χ0v) is 8.21. The monoisotopic (exact) mass is 262 g/mol.